The first-order valence-corrected chi connectivity index (χ1v) is 7.10. The molecule has 0 bridgehead atoms. The molecule has 1 heterocycles. The van der Waals surface area contributed by atoms with Crippen molar-refractivity contribution in [2.24, 2.45) is 0 Å². The van der Waals surface area contributed by atoms with E-state index in [1.165, 1.54) is 6.42 Å². The van der Waals surface area contributed by atoms with E-state index in [0.29, 0.717) is 31.0 Å². The molecule has 2 rings (SSSR count). The van der Waals surface area contributed by atoms with Gasteiger partial charge in [0.25, 0.3) is 0 Å². The lowest BCUT2D eigenvalue weighted by Crippen LogP contribution is -2.35. The number of carbonyl (C=O) groups excluding carboxylic acids is 1. The molecule has 1 saturated heterocycles. The first kappa shape index (κ1) is 14.7. The van der Waals surface area contributed by atoms with Crippen molar-refractivity contribution in [1.82, 2.24) is 5.32 Å². The van der Waals surface area contributed by atoms with Gasteiger partial charge in [0.15, 0.2) is 0 Å². The van der Waals surface area contributed by atoms with E-state index in [9.17, 15) is 4.79 Å². The first-order chi connectivity index (χ1) is 9.74. The minimum Gasteiger partial charge on any atom is -0.493 e. The summed E-state index contributed by atoms with van der Waals surface area (Å²) in [5.41, 5.74) is 6.30. The van der Waals surface area contributed by atoms with Gasteiger partial charge in [-0.2, -0.15) is 0 Å². The maximum absolute atomic E-state index is 11.7. The second-order valence-corrected chi connectivity index (χ2v) is 4.96. The fourth-order valence-corrected chi connectivity index (χ4v) is 2.15. The molecule has 0 radical (unpaired) electrons. The zero-order valence-corrected chi connectivity index (χ0v) is 11.6. The molecule has 1 aromatic rings. The minimum absolute atomic E-state index is 0.0110. The maximum Gasteiger partial charge on any atom is 0.223 e. The molecule has 1 aliphatic rings. The van der Waals surface area contributed by atoms with Crippen LogP contribution in [0.3, 0.4) is 0 Å². The molecule has 1 aliphatic heterocycles. The summed E-state index contributed by atoms with van der Waals surface area (Å²) in [4.78, 5) is 11.7. The summed E-state index contributed by atoms with van der Waals surface area (Å²) in [6, 6.07) is 7.19. The van der Waals surface area contributed by atoms with Gasteiger partial charge >= 0.3 is 0 Å². The second kappa shape index (κ2) is 7.75. The van der Waals surface area contributed by atoms with E-state index in [-0.39, 0.29) is 12.0 Å². The van der Waals surface area contributed by atoms with Crippen LogP contribution in [0, 0.1) is 0 Å². The highest BCUT2D eigenvalue weighted by Crippen LogP contribution is 2.14. The van der Waals surface area contributed by atoms with Crippen molar-refractivity contribution in [3.05, 3.63) is 24.3 Å². The van der Waals surface area contributed by atoms with Crippen molar-refractivity contribution in [1.29, 1.82) is 0 Å². The van der Waals surface area contributed by atoms with Gasteiger partial charge in [-0.15, -0.1) is 0 Å². The van der Waals surface area contributed by atoms with E-state index in [1.54, 1.807) is 12.1 Å². The summed E-state index contributed by atoms with van der Waals surface area (Å²) in [7, 11) is 0. The summed E-state index contributed by atoms with van der Waals surface area (Å²) in [5, 5.41) is 2.88. The molecule has 0 spiro atoms. The van der Waals surface area contributed by atoms with Crippen molar-refractivity contribution in [2.75, 3.05) is 25.5 Å². The lowest BCUT2D eigenvalue weighted by Gasteiger charge is -2.22. The summed E-state index contributed by atoms with van der Waals surface area (Å²) in [6.45, 7) is 1.75. The average Bonchev–Trinajstić information content (AvgIpc) is 2.46. The monoisotopic (exact) mass is 278 g/mol. The third-order valence-electron chi connectivity index (χ3n) is 3.26. The average molecular weight is 278 g/mol. The number of rotatable bonds is 6. The number of nitrogens with one attached hydrogen (secondary N) is 1. The third kappa shape index (κ3) is 5.09. The summed E-state index contributed by atoms with van der Waals surface area (Å²) >= 11 is 0. The van der Waals surface area contributed by atoms with Gasteiger partial charge in [-0.1, -0.05) is 6.07 Å². The molecule has 1 aromatic carbocycles. The molecule has 110 valence electrons. The Morgan fingerprint density at radius 2 is 2.35 bits per heavy atom. The molecule has 0 aliphatic carbocycles. The van der Waals surface area contributed by atoms with Gasteiger partial charge in [-0.3, -0.25) is 4.79 Å². The number of hydrogen-bond acceptors (Lipinski definition) is 4. The number of carbonyl (C=O) groups is 1. The standard InChI is InChI=1S/C15H22N2O3/c16-12-4-3-6-13(10-12)20-9-7-15(18)17-11-14-5-1-2-8-19-14/h3-4,6,10,14H,1-2,5,7-9,11,16H2,(H,17,18). The number of amides is 1. The second-order valence-electron chi connectivity index (χ2n) is 4.96. The van der Waals surface area contributed by atoms with Crippen LogP contribution in [0.5, 0.6) is 5.75 Å². The summed E-state index contributed by atoms with van der Waals surface area (Å²) in [6.07, 6.45) is 3.83. The fraction of sp³-hybridized carbons (Fsp3) is 0.533. The van der Waals surface area contributed by atoms with Crippen molar-refractivity contribution in [2.45, 2.75) is 31.8 Å². The minimum atomic E-state index is -0.0110. The predicted octanol–water partition coefficient (Wildman–Crippen LogP) is 1.72. The predicted molar refractivity (Wildman–Crippen MR) is 77.6 cm³/mol. The fourth-order valence-electron chi connectivity index (χ4n) is 2.15. The highest BCUT2D eigenvalue weighted by molar-refractivity contribution is 5.76. The van der Waals surface area contributed by atoms with Gasteiger partial charge in [0.05, 0.1) is 19.1 Å². The van der Waals surface area contributed by atoms with E-state index in [2.05, 4.69) is 5.32 Å². The van der Waals surface area contributed by atoms with Crippen LogP contribution < -0.4 is 15.8 Å². The molecule has 0 aromatic heterocycles. The number of nitrogens with two attached hydrogens (primary N) is 1. The normalized spacial score (nSPS) is 18.5. The largest absolute Gasteiger partial charge is 0.493 e. The van der Waals surface area contributed by atoms with Crippen LogP contribution in [0.15, 0.2) is 24.3 Å². The number of benzene rings is 1. The molecule has 0 saturated carbocycles. The van der Waals surface area contributed by atoms with Crippen LogP contribution in [0.1, 0.15) is 25.7 Å². The molecule has 20 heavy (non-hydrogen) atoms. The number of hydrogen-bond donors (Lipinski definition) is 2. The van der Waals surface area contributed by atoms with Gasteiger partial charge in [-0.05, 0) is 31.4 Å². The number of ether oxygens (including phenoxy) is 2. The van der Waals surface area contributed by atoms with E-state index in [1.807, 2.05) is 12.1 Å². The van der Waals surface area contributed by atoms with Gasteiger partial charge < -0.3 is 20.5 Å². The van der Waals surface area contributed by atoms with E-state index in [0.717, 1.165) is 19.4 Å². The molecule has 5 heteroatoms. The van der Waals surface area contributed by atoms with Crippen LogP contribution in [-0.4, -0.2) is 31.8 Å². The lowest BCUT2D eigenvalue weighted by molar-refractivity contribution is -0.122. The Hall–Kier alpha value is -1.75. The zero-order valence-electron chi connectivity index (χ0n) is 11.6. The Kier molecular flexibility index (Phi) is 5.68. The third-order valence-corrected chi connectivity index (χ3v) is 3.26. The number of anilines is 1. The Labute approximate surface area is 119 Å². The topological polar surface area (TPSA) is 73.6 Å². The molecule has 1 unspecified atom stereocenters. The summed E-state index contributed by atoms with van der Waals surface area (Å²) in [5.74, 6) is 0.677. The van der Waals surface area contributed by atoms with E-state index < -0.39 is 0 Å². The smallest absolute Gasteiger partial charge is 0.223 e. The van der Waals surface area contributed by atoms with Gasteiger partial charge in [0.1, 0.15) is 5.75 Å². The molecule has 1 atom stereocenters. The van der Waals surface area contributed by atoms with Crippen LogP contribution in [0.4, 0.5) is 5.69 Å². The van der Waals surface area contributed by atoms with Crippen LogP contribution in [-0.2, 0) is 9.53 Å². The van der Waals surface area contributed by atoms with Crippen LogP contribution >= 0.6 is 0 Å². The highest BCUT2D eigenvalue weighted by atomic mass is 16.5. The molecular weight excluding hydrogens is 256 g/mol. The SMILES string of the molecule is Nc1cccc(OCCC(=O)NCC2CCCCO2)c1. The Morgan fingerprint density at radius 3 is 3.10 bits per heavy atom. The van der Waals surface area contributed by atoms with Crippen molar-refractivity contribution in [3.8, 4) is 5.75 Å². The first-order valence-electron chi connectivity index (χ1n) is 7.10. The van der Waals surface area contributed by atoms with Crippen LogP contribution in [0.2, 0.25) is 0 Å². The zero-order chi connectivity index (χ0) is 14.2. The quantitative estimate of drug-likeness (QED) is 0.777. The molecule has 3 N–H and O–H groups in total. The van der Waals surface area contributed by atoms with Crippen molar-refractivity contribution >= 4 is 11.6 Å². The lowest BCUT2D eigenvalue weighted by atomic mass is 10.1. The number of nitrogen functional groups attached to an aromatic ring is 1. The molecule has 1 amide bonds. The van der Waals surface area contributed by atoms with Gasteiger partial charge in [-0.25, -0.2) is 0 Å². The highest BCUT2D eigenvalue weighted by Gasteiger charge is 2.14. The van der Waals surface area contributed by atoms with E-state index in [4.69, 9.17) is 15.2 Å². The van der Waals surface area contributed by atoms with Gasteiger partial charge in [0, 0.05) is 24.9 Å². The van der Waals surface area contributed by atoms with Gasteiger partial charge in [0.2, 0.25) is 5.91 Å². The molecule has 1 fully saturated rings. The maximum atomic E-state index is 11.7. The van der Waals surface area contributed by atoms with Crippen molar-refractivity contribution in [3.63, 3.8) is 0 Å². The Morgan fingerprint density at radius 1 is 1.45 bits per heavy atom. The Balaban J connectivity index is 1.60. The van der Waals surface area contributed by atoms with Crippen molar-refractivity contribution < 1.29 is 14.3 Å². The molecular formula is C15H22N2O3. The van der Waals surface area contributed by atoms with Crippen LogP contribution in [0.25, 0.3) is 0 Å². The van der Waals surface area contributed by atoms with E-state index >= 15 is 0 Å². The molecule has 5 nitrogen and oxygen atoms in total. The Bertz CT molecular complexity index is 431. The summed E-state index contributed by atoms with van der Waals surface area (Å²) < 4.78 is 11.0.